The van der Waals surface area contributed by atoms with Gasteiger partial charge in [0.1, 0.15) is 0 Å². The van der Waals surface area contributed by atoms with Crippen molar-refractivity contribution in [2.24, 2.45) is 0 Å². The molecule has 0 aliphatic carbocycles. The van der Waals surface area contributed by atoms with E-state index in [4.69, 9.17) is 0 Å². The lowest BCUT2D eigenvalue weighted by Crippen LogP contribution is -2.36. The van der Waals surface area contributed by atoms with Gasteiger partial charge in [-0.2, -0.15) is 5.26 Å². The third-order valence-electron chi connectivity index (χ3n) is 5.42. The van der Waals surface area contributed by atoms with Gasteiger partial charge in [0.05, 0.1) is 17.7 Å². The number of likely N-dealkylation sites (tertiary alicyclic amines) is 1. The molecule has 0 bridgehead atoms. The second-order valence-electron chi connectivity index (χ2n) is 7.19. The minimum Gasteiger partial charge on any atom is -0.350 e. The molecule has 1 saturated heterocycles. The van der Waals surface area contributed by atoms with Crippen LogP contribution in [0.3, 0.4) is 0 Å². The second-order valence-corrected chi connectivity index (χ2v) is 8.17. The molecule has 1 unspecified atom stereocenters. The van der Waals surface area contributed by atoms with Gasteiger partial charge in [0.15, 0.2) is 0 Å². The highest BCUT2D eigenvalue weighted by Crippen LogP contribution is 2.29. The van der Waals surface area contributed by atoms with Crippen LogP contribution < -0.4 is 5.32 Å². The van der Waals surface area contributed by atoms with Gasteiger partial charge in [0.25, 0.3) is 5.91 Å². The molecule has 1 aromatic heterocycles. The summed E-state index contributed by atoms with van der Waals surface area (Å²) in [6, 6.07) is 21.6. The van der Waals surface area contributed by atoms with E-state index >= 15 is 0 Å². The Labute approximate surface area is 175 Å². The fourth-order valence-electron chi connectivity index (χ4n) is 3.96. The largest absolute Gasteiger partial charge is 0.350 e. The highest BCUT2D eigenvalue weighted by atomic mass is 32.1. The molecule has 1 atom stereocenters. The summed E-state index contributed by atoms with van der Waals surface area (Å²) >= 11 is 1.74. The van der Waals surface area contributed by atoms with Crippen molar-refractivity contribution >= 4 is 17.2 Å². The number of benzene rings is 2. The number of amides is 1. The summed E-state index contributed by atoms with van der Waals surface area (Å²) in [4.78, 5) is 16.9. The molecule has 29 heavy (non-hydrogen) atoms. The van der Waals surface area contributed by atoms with E-state index < -0.39 is 0 Å². The van der Waals surface area contributed by atoms with E-state index in [9.17, 15) is 10.1 Å². The van der Waals surface area contributed by atoms with Crippen LogP contribution in [0, 0.1) is 11.3 Å². The van der Waals surface area contributed by atoms with Gasteiger partial charge >= 0.3 is 0 Å². The highest BCUT2D eigenvalue weighted by Gasteiger charge is 2.25. The Kier molecular flexibility index (Phi) is 6.04. The highest BCUT2D eigenvalue weighted by molar-refractivity contribution is 7.10. The monoisotopic (exact) mass is 401 g/mol. The molecule has 0 radical (unpaired) electrons. The molecular formula is C24H23N3OS. The van der Waals surface area contributed by atoms with Crippen LogP contribution >= 0.6 is 11.3 Å². The maximum atomic E-state index is 13.1. The zero-order valence-corrected chi connectivity index (χ0v) is 17.0. The molecule has 1 aliphatic rings. The molecule has 5 heteroatoms. The SMILES string of the molecule is N#Cc1ccccc1-c1ccccc1C(=O)NCC(c1cccs1)N1CCCC1. The van der Waals surface area contributed by atoms with Gasteiger partial charge in [0, 0.05) is 22.5 Å². The predicted molar refractivity (Wildman–Crippen MR) is 117 cm³/mol. The number of thiophene rings is 1. The first-order valence-corrected chi connectivity index (χ1v) is 10.8. The summed E-state index contributed by atoms with van der Waals surface area (Å²) in [5.74, 6) is -0.103. The first kappa shape index (κ1) is 19.4. The Bertz CT molecular complexity index is 1020. The van der Waals surface area contributed by atoms with Crippen molar-refractivity contribution in [2.75, 3.05) is 19.6 Å². The molecule has 3 aromatic rings. The fraction of sp³-hybridized carbons (Fsp3) is 0.250. The van der Waals surface area contributed by atoms with Gasteiger partial charge in [-0.3, -0.25) is 9.69 Å². The van der Waals surface area contributed by atoms with Crippen molar-refractivity contribution < 1.29 is 4.79 Å². The van der Waals surface area contributed by atoms with Crippen LogP contribution in [0.1, 0.15) is 39.7 Å². The second kappa shape index (κ2) is 9.04. The maximum absolute atomic E-state index is 13.1. The summed E-state index contributed by atoms with van der Waals surface area (Å²) in [6.07, 6.45) is 2.42. The predicted octanol–water partition coefficient (Wildman–Crippen LogP) is 4.85. The van der Waals surface area contributed by atoms with E-state index in [0.717, 1.165) is 24.2 Å². The summed E-state index contributed by atoms with van der Waals surface area (Å²) in [5, 5.41) is 14.7. The molecule has 2 aromatic carbocycles. The van der Waals surface area contributed by atoms with Crippen molar-refractivity contribution in [1.29, 1.82) is 5.26 Å². The van der Waals surface area contributed by atoms with Crippen LogP contribution in [0.4, 0.5) is 0 Å². The minimum absolute atomic E-state index is 0.103. The molecule has 1 amide bonds. The van der Waals surface area contributed by atoms with Crippen molar-refractivity contribution in [3.05, 3.63) is 82.0 Å². The topological polar surface area (TPSA) is 56.1 Å². The average Bonchev–Trinajstić information content (AvgIpc) is 3.49. The number of nitriles is 1. The van der Waals surface area contributed by atoms with E-state index in [1.54, 1.807) is 17.4 Å². The molecule has 2 heterocycles. The summed E-state index contributed by atoms with van der Waals surface area (Å²) < 4.78 is 0. The zero-order valence-electron chi connectivity index (χ0n) is 16.2. The lowest BCUT2D eigenvalue weighted by Gasteiger charge is -2.27. The quantitative estimate of drug-likeness (QED) is 0.642. The minimum atomic E-state index is -0.103. The number of nitrogens with one attached hydrogen (secondary N) is 1. The molecule has 1 fully saturated rings. The Morgan fingerprint density at radius 2 is 1.76 bits per heavy atom. The molecule has 4 nitrogen and oxygen atoms in total. The van der Waals surface area contributed by atoms with Crippen LogP contribution in [0.5, 0.6) is 0 Å². The van der Waals surface area contributed by atoms with Crippen LogP contribution in [0.15, 0.2) is 66.0 Å². The molecule has 4 rings (SSSR count). The summed E-state index contributed by atoms with van der Waals surface area (Å²) in [5.41, 5.74) is 2.74. The summed E-state index contributed by atoms with van der Waals surface area (Å²) in [7, 11) is 0. The van der Waals surface area contributed by atoms with Crippen molar-refractivity contribution in [1.82, 2.24) is 10.2 Å². The Balaban J connectivity index is 1.57. The Morgan fingerprint density at radius 3 is 2.48 bits per heavy atom. The molecule has 1 aliphatic heterocycles. The van der Waals surface area contributed by atoms with Crippen LogP contribution in [0.2, 0.25) is 0 Å². The first-order chi connectivity index (χ1) is 14.3. The van der Waals surface area contributed by atoms with E-state index in [2.05, 4.69) is 33.8 Å². The maximum Gasteiger partial charge on any atom is 0.251 e. The number of carbonyl (C=O) groups excluding carboxylic acids is 1. The van der Waals surface area contributed by atoms with Gasteiger partial charge in [-0.05, 0) is 55.1 Å². The lowest BCUT2D eigenvalue weighted by molar-refractivity contribution is 0.0939. The Hall–Kier alpha value is -2.94. The number of carbonyl (C=O) groups is 1. The van der Waals surface area contributed by atoms with Crippen LogP contribution in [-0.2, 0) is 0 Å². The van der Waals surface area contributed by atoms with E-state index in [0.29, 0.717) is 17.7 Å². The van der Waals surface area contributed by atoms with Gasteiger partial charge in [-0.15, -0.1) is 11.3 Å². The number of hydrogen-bond acceptors (Lipinski definition) is 4. The normalized spacial score (nSPS) is 15.0. The van der Waals surface area contributed by atoms with E-state index in [1.807, 2.05) is 42.5 Å². The van der Waals surface area contributed by atoms with Crippen LogP contribution in [0.25, 0.3) is 11.1 Å². The van der Waals surface area contributed by atoms with E-state index in [1.165, 1.54) is 17.7 Å². The van der Waals surface area contributed by atoms with Gasteiger partial charge < -0.3 is 5.32 Å². The molecule has 1 N–H and O–H groups in total. The lowest BCUT2D eigenvalue weighted by atomic mass is 9.95. The molecule has 146 valence electrons. The van der Waals surface area contributed by atoms with Gasteiger partial charge in [0.2, 0.25) is 0 Å². The van der Waals surface area contributed by atoms with E-state index in [-0.39, 0.29) is 11.9 Å². The number of rotatable bonds is 6. The van der Waals surface area contributed by atoms with Crippen molar-refractivity contribution in [3.8, 4) is 17.2 Å². The molecule has 0 saturated carbocycles. The molecule has 0 spiro atoms. The van der Waals surface area contributed by atoms with Gasteiger partial charge in [-0.1, -0.05) is 42.5 Å². The van der Waals surface area contributed by atoms with Crippen LogP contribution in [-0.4, -0.2) is 30.4 Å². The van der Waals surface area contributed by atoms with Crippen molar-refractivity contribution in [3.63, 3.8) is 0 Å². The number of nitrogens with zero attached hydrogens (tertiary/aromatic N) is 2. The average molecular weight is 402 g/mol. The Morgan fingerprint density at radius 1 is 1.03 bits per heavy atom. The fourth-order valence-corrected chi connectivity index (χ4v) is 4.82. The molecular weight excluding hydrogens is 378 g/mol. The van der Waals surface area contributed by atoms with Crippen molar-refractivity contribution in [2.45, 2.75) is 18.9 Å². The third-order valence-corrected chi connectivity index (χ3v) is 6.39. The zero-order chi connectivity index (χ0) is 20.1. The third kappa shape index (κ3) is 4.24. The van der Waals surface area contributed by atoms with Gasteiger partial charge in [-0.25, -0.2) is 0 Å². The summed E-state index contributed by atoms with van der Waals surface area (Å²) in [6.45, 7) is 2.72. The smallest absolute Gasteiger partial charge is 0.251 e. The standard InChI is InChI=1S/C24H23N3OS/c25-16-18-8-1-2-9-19(18)20-10-3-4-11-21(20)24(28)26-17-22(23-12-7-15-29-23)27-13-5-6-14-27/h1-4,7-12,15,22H,5-6,13-14,17H2,(H,26,28). The first-order valence-electron chi connectivity index (χ1n) is 9.92. The number of hydrogen-bond donors (Lipinski definition) is 1.